The predicted octanol–water partition coefficient (Wildman–Crippen LogP) is 2.79. The maximum absolute atomic E-state index is 12.2. The predicted molar refractivity (Wildman–Crippen MR) is 102 cm³/mol. The first-order valence-electron chi connectivity index (χ1n) is 8.70. The van der Waals surface area contributed by atoms with Gasteiger partial charge in [-0.25, -0.2) is 0 Å². The Kier molecular flexibility index (Phi) is 5.65. The summed E-state index contributed by atoms with van der Waals surface area (Å²) in [6.45, 7) is 0.857. The number of benzene rings is 2. The topological polar surface area (TPSA) is 113 Å². The fraction of sp³-hybridized carbons (Fsp3) is 0.263. The average Bonchev–Trinajstić information content (AvgIpc) is 3.51. The Morgan fingerprint density at radius 3 is 2.44 bits per heavy atom. The maximum atomic E-state index is 12.2. The Morgan fingerprint density at radius 1 is 1.04 bits per heavy atom. The highest BCUT2D eigenvalue weighted by molar-refractivity contribution is 5.98. The molecule has 0 spiro atoms. The van der Waals surface area contributed by atoms with Crippen LogP contribution in [0, 0.1) is 16.0 Å². The molecule has 1 aliphatic carbocycles. The standard InChI is InChI=1S/C19H20N4O4/c24-18(14-2-1-3-16(12-14)22-19(25)13-4-5-13)21-11-10-20-15-6-8-17(9-7-15)23(26)27/h1-3,6-9,12-13,20H,4-5,10-11H2,(H,21,24)(H,22,25). The SMILES string of the molecule is O=C(NCCNc1ccc([N+](=O)[O-])cc1)c1cccc(NC(=O)C2CC2)c1. The zero-order valence-electron chi connectivity index (χ0n) is 14.6. The van der Waals surface area contributed by atoms with E-state index in [1.807, 2.05) is 0 Å². The summed E-state index contributed by atoms with van der Waals surface area (Å²) in [5, 5.41) is 19.3. The Balaban J connectivity index is 1.44. The number of hydrogen-bond acceptors (Lipinski definition) is 5. The van der Waals surface area contributed by atoms with Gasteiger partial charge in [0.1, 0.15) is 0 Å². The molecule has 1 aliphatic rings. The van der Waals surface area contributed by atoms with E-state index < -0.39 is 4.92 Å². The highest BCUT2D eigenvalue weighted by atomic mass is 16.6. The number of nitro benzene ring substituents is 1. The van der Waals surface area contributed by atoms with Crippen LogP contribution >= 0.6 is 0 Å². The lowest BCUT2D eigenvalue weighted by Gasteiger charge is -2.09. The van der Waals surface area contributed by atoms with E-state index in [-0.39, 0.29) is 23.4 Å². The van der Waals surface area contributed by atoms with Crippen LogP contribution < -0.4 is 16.0 Å². The summed E-state index contributed by atoms with van der Waals surface area (Å²) in [7, 11) is 0. The number of rotatable bonds is 8. The van der Waals surface area contributed by atoms with Crippen molar-refractivity contribution in [3.8, 4) is 0 Å². The third-order valence-corrected chi connectivity index (χ3v) is 4.16. The summed E-state index contributed by atoms with van der Waals surface area (Å²) in [5.74, 6) is -0.129. The Hall–Kier alpha value is -3.42. The van der Waals surface area contributed by atoms with E-state index in [9.17, 15) is 19.7 Å². The van der Waals surface area contributed by atoms with Crippen molar-refractivity contribution in [1.82, 2.24) is 5.32 Å². The summed E-state index contributed by atoms with van der Waals surface area (Å²) in [6.07, 6.45) is 1.85. The van der Waals surface area contributed by atoms with Gasteiger partial charge in [-0.3, -0.25) is 19.7 Å². The Bertz CT molecular complexity index is 847. The van der Waals surface area contributed by atoms with Gasteiger partial charge in [0.2, 0.25) is 5.91 Å². The van der Waals surface area contributed by atoms with Gasteiger partial charge < -0.3 is 16.0 Å². The molecule has 2 aromatic carbocycles. The summed E-state index contributed by atoms with van der Waals surface area (Å²) in [6, 6.07) is 12.9. The fourth-order valence-corrected chi connectivity index (χ4v) is 2.51. The Labute approximate surface area is 156 Å². The molecule has 2 aromatic rings. The number of amides is 2. The van der Waals surface area contributed by atoms with E-state index in [1.165, 1.54) is 12.1 Å². The van der Waals surface area contributed by atoms with Crippen LogP contribution in [0.2, 0.25) is 0 Å². The largest absolute Gasteiger partial charge is 0.383 e. The molecule has 3 rings (SSSR count). The molecule has 8 nitrogen and oxygen atoms in total. The molecule has 3 N–H and O–H groups in total. The van der Waals surface area contributed by atoms with Crippen molar-refractivity contribution in [1.29, 1.82) is 0 Å². The molecule has 140 valence electrons. The molecule has 27 heavy (non-hydrogen) atoms. The van der Waals surface area contributed by atoms with Crippen LogP contribution in [0.5, 0.6) is 0 Å². The van der Waals surface area contributed by atoms with Crippen LogP contribution in [-0.4, -0.2) is 29.8 Å². The molecule has 1 saturated carbocycles. The number of nitrogens with zero attached hydrogens (tertiary/aromatic N) is 1. The van der Waals surface area contributed by atoms with E-state index in [0.717, 1.165) is 18.5 Å². The molecular weight excluding hydrogens is 348 g/mol. The van der Waals surface area contributed by atoms with Crippen molar-refractivity contribution in [2.24, 2.45) is 5.92 Å². The van der Waals surface area contributed by atoms with E-state index in [2.05, 4.69) is 16.0 Å². The van der Waals surface area contributed by atoms with Crippen molar-refractivity contribution >= 4 is 28.9 Å². The van der Waals surface area contributed by atoms with E-state index >= 15 is 0 Å². The Morgan fingerprint density at radius 2 is 1.78 bits per heavy atom. The lowest BCUT2D eigenvalue weighted by atomic mass is 10.2. The number of carbonyl (C=O) groups is 2. The van der Waals surface area contributed by atoms with Crippen molar-refractivity contribution < 1.29 is 14.5 Å². The molecule has 0 aromatic heterocycles. The van der Waals surface area contributed by atoms with Crippen LogP contribution in [0.4, 0.5) is 17.1 Å². The highest BCUT2D eigenvalue weighted by Gasteiger charge is 2.29. The van der Waals surface area contributed by atoms with Gasteiger partial charge in [0.15, 0.2) is 0 Å². The van der Waals surface area contributed by atoms with Gasteiger partial charge in [0.05, 0.1) is 4.92 Å². The van der Waals surface area contributed by atoms with E-state index in [1.54, 1.807) is 36.4 Å². The minimum Gasteiger partial charge on any atom is -0.383 e. The van der Waals surface area contributed by atoms with Gasteiger partial charge in [0.25, 0.3) is 11.6 Å². The van der Waals surface area contributed by atoms with Crippen LogP contribution in [0.1, 0.15) is 23.2 Å². The molecule has 0 aliphatic heterocycles. The number of hydrogen-bond donors (Lipinski definition) is 3. The summed E-state index contributed by atoms with van der Waals surface area (Å²) < 4.78 is 0. The molecule has 0 bridgehead atoms. The lowest BCUT2D eigenvalue weighted by molar-refractivity contribution is -0.384. The summed E-state index contributed by atoms with van der Waals surface area (Å²) >= 11 is 0. The number of non-ortho nitro benzene ring substituents is 1. The van der Waals surface area contributed by atoms with Crippen LogP contribution in [0.25, 0.3) is 0 Å². The first kappa shape index (κ1) is 18.4. The molecule has 0 heterocycles. The quantitative estimate of drug-likeness (QED) is 0.377. The summed E-state index contributed by atoms with van der Waals surface area (Å²) in [4.78, 5) is 34.2. The number of nitro groups is 1. The van der Waals surface area contributed by atoms with Crippen molar-refractivity contribution in [2.75, 3.05) is 23.7 Å². The van der Waals surface area contributed by atoms with Gasteiger partial charge >= 0.3 is 0 Å². The second-order valence-electron chi connectivity index (χ2n) is 6.33. The molecule has 0 saturated heterocycles. The first-order chi connectivity index (χ1) is 13.0. The third kappa shape index (κ3) is 5.27. The van der Waals surface area contributed by atoms with E-state index in [4.69, 9.17) is 0 Å². The van der Waals surface area contributed by atoms with Gasteiger partial charge in [-0.05, 0) is 43.2 Å². The fourth-order valence-electron chi connectivity index (χ4n) is 2.51. The molecule has 0 radical (unpaired) electrons. The third-order valence-electron chi connectivity index (χ3n) is 4.16. The monoisotopic (exact) mass is 368 g/mol. The van der Waals surface area contributed by atoms with Crippen LogP contribution in [0.15, 0.2) is 48.5 Å². The zero-order chi connectivity index (χ0) is 19.2. The normalized spacial score (nSPS) is 12.9. The van der Waals surface area contributed by atoms with Gasteiger partial charge in [-0.2, -0.15) is 0 Å². The number of anilines is 2. The zero-order valence-corrected chi connectivity index (χ0v) is 14.6. The molecular formula is C19H20N4O4. The minimum atomic E-state index is -0.453. The van der Waals surface area contributed by atoms with Crippen LogP contribution in [0.3, 0.4) is 0 Å². The minimum absolute atomic E-state index is 0.000133. The van der Waals surface area contributed by atoms with E-state index in [0.29, 0.717) is 24.3 Å². The average molecular weight is 368 g/mol. The molecule has 1 fully saturated rings. The lowest BCUT2D eigenvalue weighted by Crippen LogP contribution is -2.28. The smallest absolute Gasteiger partial charge is 0.269 e. The van der Waals surface area contributed by atoms with Gasteiger partial charge in [-0.15, -0.1) is 0 Å². The second-order valence-corrected chi connectivity index (χ2v) is 6.33. The van der Waals surface area contributed by atoms with Crippen molar-refractivity contribution in [3.05, 3.63) is 64.2 Å². The van der Waals surface area contributed by atoms with Gasteiger partial charge in [-0.1, -0.05) is 6.07 Å². The molecule has 8 heteroatoms. The summed E-state index contributed by atoms with van der Waals surface area (Å²) in [5.41, 5.74) is 1.85. The van der Waals surface area contributed by atoms with Gasteiger partial charge in [0, 0.05) is 48.1 Å². The van der Waals surface area contributed by atoms with Crippen LogP contribution in [-0.2, 0) is 4.79 Å². The molecule has 0 unspecified atom stereocenters. The highest BCUT2D eigenvalue weighted by Crippen LogP contribution is 2.30. The number of nitrogens with one attached hydrogen (secondary N) is 3. The number of carbonyl (C=O) groups excluding carboxylic acids is 2. The van der Waals surface area contributed by atoms with Crippen molar-refractivity contribution in [3.63, 3.8) is 0 Å². The maximum Gasteiger partial charge on any atom is 0.269 e. The molecule has 0 atom stereocenters. The molecule has 2 amide bonds. The van der Waals surface area contributed by atoms with Crippen molar-refractivity contribution in [2.45, 2.75) is 12.8 Å². The second kappa shape index (κ2) is 8.31. The first-order valence-corrected chi connectivity index (χ1v) is 8.70.